The molecule has 14 heavy (non-hydrogen) atoms. The van der Waals surface area contributed by atoms with Crippen molar-refractivity contribution in [1.82, 2.24) is 4.90 Å². The Bertz CT molecular complexity index is 198. The van der Waals surface area contributed by atoms with Crippen molar-refractivity contribution in [2.24, 2.45) is 23.0 Å². The Hall–Kier alpha value is -0.0800. The molecule has 0 amide bonds. The molecule has 0 aromatic rings. The first-order chi connectivity index (χ1) is 6.65. The molecule has 2 saturated carbocycles. The van der Waals surface area contributed by atoms with Crippen LogP contribution in [0.15, 0.2) is 0 Å². The highest BCUT2D eigenvalue weighted by Gasteiger charge is 2.43. The smallest absolute Gasteiger partial charge is 0.00355 e. The van der Waals surface area contributed by atoms with Crippen molar-refractivity contribution in [3.05, 3.63) is 0 Å². The van der Waals surface area contributed by atoms with Crippen molar-refractivity contribution in [2.75, 3.05) is 26.7 Å². The van der Waals surface area contributed by atoms with E-state index in [4.69, 9.17) is 5.73 Å². The minimum absolute atomic E-state index is 0.627. The third-order valence-corrected chi connectivity index (χ3v) is 4.06. The summed E-state index contributed by atoms with van der Waals surface area (Å²) in [6.07, 6.45) is 5.51. The Morgan fingerprint density at radius 1 is 1.43 bits per heavy atom. The fraction of sp³-hybridized carbons (Fsp3) is 1.00. The summed E-state index contributed by atoms with van der Waals surface area (Å²) in [5, 5.41) is 0. The molecule has 0 spiro atoms. The minimum atomic E-state index is 0.627. The van der Waals surface area contributed by atoms with Crippen molar-refractivity contribution in [2.45, 2.75) is 32.6 Å². The first kappa shape index (κ1) is 10.4. The second-order valence-corrected chi connectivity index (χ2v) is 5.71. The van der Waals surface area contributed by atoms with Gasteiger partial charge in [-0.05, 0) is 56.5 Å². The van der Waals surface area contributed by atoms with Crippen LogP contribution < -0.4 is 5.73 Å². The summed E-state index contributed by atoms with van der Waals surface area (Å²) in [6.45, 7) is 5.83. The summed E-state index contributed by atoms with van der Waals surface area (Å²) in [5.74, 6) is 1.98. The van der Waals surface area contributed by atoms with Crippen LogP contribution in [0.1, 0.15) is 32.6 Å². The zero-order valence-electron chi connectivity index (χ0n) is 9.63. The lowest BCUT2D eigenvalue weighted by Crippen LogP contribution is -2.30. The van der Waals surface area contributed by atoms with E-state index in [1.807, 2.05) is 0 Å². The molecule has 2 aliphatic carbocycles. The monoisotopic (exact) mass is 196 g/mol. The summed E-state index contributed by atoms with van der Waals surface area (Å²) in [4.78, 5) is 2.54. The molecule has 0 radical (unpaired) electrons. The normalized spacial score (nSPS) is 33.4. The second-order valence-electron chi connectivity index (χ2n) is 5.71. The van der Waals surface area contributed by atoms with Crippen LogP contribution in [0.3, 0.4) is 0 Å². The van der Waals surface area contributed by atoms with Gasteiger partial charge >= 0.3 is 0 Å². The topological polar surface area (TPSA) is 29.3 Å². The molecule has 82 valence electrons. The molecule has 2 aliphatic rings. The number of hydrogen-bond donors (Lipinski definition) is 1. The lowest BCUT2D eigenvalue weighted by atomic mass is 10.0. The molecule has 0 aromatic carbocycles. The minimum Gasteiger partial charge on any atom is -0.330 e. The third kappa shape index (κ3) is 2.48. The van der Waals surface area contributed by atoms with E-state index in [9.17, 15) is 0 Å². The van der Waals surface area contributed by atoms with Gasteiger partial charge in [0.05, 0.1) is 0 Å². The lowest BCUT2D eigenvalue weighted by Gasteiger charge is -2.23. The average Bonchev–Trinajstić information content (AvgIpc) is 2.96. The van der Waals surface area contributed by atoms with Gasteiger partial charge in [0.2, 0.25) is 0 Å². The quantitative estimate of drug-likeness (QED) is 0.700. The fourth-order valence-electron chi connectivity index (χ4n) is 2.66. The Morgan fingerprint density at radius 2 is 2.07 bits per heavy atom. The highest BCUT2D eigenvalue weighted by molar-refractivity contribution is 4.96. The van der Waals surface area contributed by atoms with E-state index < -0.39 is 0 Å². The van der Waals surface area contributed by atoms with Crippen LogP contribution in [0.25, 0.3) is 0 Å². The van der Waals surface area contributed by atoms with E-state index >= 15 is 0 Å². The number of rotatable bonds is 6. The highest BCUT2D eigenvalue weighted by Crippen LogP contribution is 2.49. The van der Waals surface area contributed by atoms with Gasteiger partial charge in [-0.2, -0.15) is 0 Å². The van der Waals surface area contributed by atoms with Crippen molar-refractivity contribution < 1.29 is 0 Å². The number of hydrogen-bond acceptors (Lipinski definition) is 2. The van der Waals surface area contributed by atoms with Crippen molar-refractivity contribution >= 4 is 0 Å². The summed E-state index contributed by atoms with van der Waals surface area (Å²) in [5.41, 5.74) is 6.27. The fourth-order valence-corrected chi connectivity index (χ4v) is 2.66. The highest BCUT2D eigenvalue weighted by atomic mass is 15.1. The molecular formula is C12H24N2. The lowest BCUT2D eigenvalue weighted by molar-refractivity contribution is 0.243. The Morgan fingerprint density at radius 3 is 2.50 bits per heavy atom. The van der Waals surface area contributed by atoms with Gasteiger partial charge in [-0.3, -0.25) is 0 Å². The molecule has 2 atom stereocenters. The van der Waals surface area contributed by atoms with Gasteiger partial charge in [-0.1, -0.05) is 6.92 Å². The van der Waals surface area contributed by atoms with Crippen LogP contribution >= 0.6 is 0 Å². The van der Waals surface area contributed by atoms with Crippen LogP contribution in [-0.4, -0.2) is 31.6 Å². The molecule has 0 aromatic heterocycles. The Balaban J connectivity index is 1.68. The first-order valence-electron chi connectivity index (χ1n) is 6.04. The van der Waals surface area contributed by atoms with Crippen LogP contribution in [0, 0.1) is 17.3 Å². The molecule has 2 unspecified atom stereocenters. The van der Waals surface area contributed by atoms with Gasteiger partial charge in [0.1, 0.15) is 0 Å². The van der Waals surface area contributed by atoms with Crippen molar-refractivity contribution in [3.63, 3.8) is 0 Å². The van der Waals surface area contributed by atoms with Crippen molar-refractivity contribution in [3.8, 4) is 0 Å². The maximum absolute atomic E-state index is 5.65. The number of nitrogens with zero attached hydrogens (tertiary/aromatic N) is 1. The molecule has 0 heterocycles. The predicted molar refractivity (Wildman–Crippen MR) is 60.1 cm³/mol. The van der Waals surface area contributed by atoms with Crippen LogP contribution in [-0.2, 0) is 0 Å². The Kier molecular flexibility index (Phi) is 2.85. The Labute approximate surface area is 87.8 Å². The SMILES string of the molecule is CC1CC1CN(C)CC1(CCN)CC1. The predicted octanol–water partition coefficient (Wildman–Crippen LogP) is 1.70. The maximum Gasteiger partial charge on any atom is 0.00355 e. The standard InChI is InChI=1S/C12H24N2/c1-10-7-11(10)8-14(2)9-12(3-4-12)5-6-13/h10-11H,3-9,13H2,1-2H3. The van der Waals surface area contributed by atoms with Crippen LogP contribution in [0.5, 0.6) is 0 Å². The van der Waals surface area contributed by atoms with Gasteiger partial charge in [0, 0.05) is 13.1 Å². The molecule has 0 aliphatic heterocycles. The van der Waals surface area contributed by atoms with Crippen LogP contribution in [0.2, 0.25) is 0 Å². The molecule has 2 fully saturated rings. The van der Waals surface area contributed by atoms with E-state index in [2.05, 4.69) is 18.9 Å². The molecule has 0 saturated heterocycles. The van der Waals surface area contributed by atoms with Crippen molar-refractivity contribution in [1.29, 1.82) is 0 Å². The largest absolute Gasteiger partial charge is 0.330 e. The zero-order chi connectivity index (χ0) is 10.2. The molecule has 2 N–H and O–H groups in total. The molecule has 2 rings (SSSR count). The molecule has 2 heteroatoms. The molecule has 0 bridgehead atoms. The first-order valence-corrected chi connectivity index (χ1v) is 6.04. The third-order valence-electron chi connectivity index (χ3n) is 4.06. The number of nitrogens with two attached hydrogens (primary N) is 1. The van der Waals surface area contributed by atoms with Gasteiger partial charge < -0.3 is 10.6 Å². The van der Waals surface area contributed by atoms with E-state index in [-0.39, 0.29) is 0 Å². The zero-order valence-corrected chi connectivity index (χ0v) is 9.63. The van der Waals surface area contributed by atoms with Crippen LogP contribution in [0.4, 0.5) is 0 Å². The maximum atomic E-state index is 5.65. The van der Waals surface area contributed by atoms with Gasteiger partial charge in [0.15, 0.2) is 0 Å². The molecular weight excluding hydrogens is 172 g/mol. The molecule has 2 nitrogen and oxygen atoms in total. The van der Waals surface area contributed by atoms with Gasteiger partial charge in [-0.25, -0.2) is 0 Å². The van der Waals surface area contributed by atoms with E-state index in [1.165, 1.54) is 38.8 Å². The second kappa shape index (κ2) is 3.82. The van der Waals surface area contributed by atoms with Gasteiger partial charge in [-0.15, -0.1) is 0 Å². The summed E-state index contributed by atoms with van der Waals surface area (Å²) in [7, 11) is 2.28. The summed E-state index contributed by atoms with van der Waals surface area (Å²) < 4.78 is 0. The van der Waals surface area contributed by atoms with E-state index in [0.717, 1.165) is 18.4 Å². The van der Waals surface area contributed by atoms with Gasteiger partial charge in [0.25, 0.3) is 0 Å². The van der Waals surface area contributed by atoms with E-state index in [1.54, 1.807) is 0 Å². The summed E-state index contributed by atoms with van der Waals surface area (Å²) in [6, 6.07) is 0. The average molecular weight is 196 g/mol. The van der Waals surface area contributed by atoms with E-state index in [0.29, 0.717) is 5.41 Å². The summed E-state index contributed by atoms with van der Waals surface area (Å²) >= 11 is 0.